The third-order valence-electron chi connectivity index (χ3n) is 5.33. The molecule has 8 heteroatoms. The molecule has 2 amide bonds. The Bertz CT molecular complexity index is 1050. The molecule has 144 valence electrons. The zero-order valence-corrected chi connectivity index (χ0v) is 16.4. The van der Waals surface area contributed by atoms with Crippen LogP contribution in [0.1, 0.15) is 21.6 Å². The van der Waals surface area contributed by atoms with E-state index in [4.69, 9.17) is 11.6 Å². The van der Waals surface area contributed by atoms with Crippen molar-refractivity contribution in [2.24, 2.45) is 5.41 Å². The fraction of sp³-hybridized carbons (Fsp3) is 0.300. The molecule has 0 aliphatic carbocycles. The van der Waals surface area contributed by atoms with Crippen LogP contribution in [0.3, 0.4) is 0 Å². The van der Waals surface area contributed by atoms with Crippen molar-refractivity contribution in [3.8, 4) is 0 Å². The van der Waals surface area contributed by atoms with Crippen LogP contribution < -0.4 is 5.32 Å². The minimum absolute atomic E-state index is 0.0659. The maximum absolute atomic E-state index is 13.0. The van der Waals surface area contributed by atoms with Gasteiger partial charge in [0, 0.05) is 37.4 Å². The lowest BCUT2D eigenvalue weighted by Gasteiger charge is -2.48. The summed E-state index contributed by atoms with van der Waals surface area (Å²) in [7, 11) is 1.62. The highest BCUT2D eigenvalue weighted by Crippen LogP contribution is 2.36. The summed E-state index contributed by atoms with van der Waals surface area (Å²) in [5, 5.41) is 7.60. The van der Waals surface area contributed by atoms with Crippen molar-refractivity contribution >= 4 is 29.1 Å². The number of rotatable bonds is 4. The Balaban J connectivity index is 1.56. The third-order valence-corrected chi connectivity index (χ3v) is 5.58. The molecule has 3 heterocycles. The van der Waals surface area contributed by atoms with E-state index in [0.717, 1.165) is 11.3 Å². The zero-order valence-electron chi connectivity index (χ0n) is 15.6. The number of carbonyl (C=O) groups is 2. The molecular formula is C20H20ClN5O2. The number of likely N-dealkylation sites (tertiary alicyclic amines) is 1. The van der Waals surface area contributed by atoms with Crippen LogP contribution in [0, 0.1) is 12.3 Å². The van der Waals surface area contributed by atoms with Gasteiger partial charge in [-0.25, -0.2) is 9.50 Å². The van der Waals surface area contributed by atoms with Crippen molar-refractivity contribution in [2.75, 3.05) is 20.1 Å². The molecule has 1 N–H and O–H groups in total. The second kappa shape index (κ2) is 6.91. The van der Waals surface area contributed by atoms with Gasteiger partial charge >= 0.3 is 0 Å². The van der Waals surface area contributed by atoms with Crippen molar-refractivity contribution in [1.82, 2.24) is 24.8 Å². The van der Waals surface area contributed by atoms with Gasteiger partial charge in [-0.1, -0.05) is 23.7 Å². The van der Waals surface area contributed by atoms with Gasteiger partial charge in [0.1, 0.15) is 0 Å². The highest BCUT2D eigenvalue weighted by Gasteiger charge is 2.50. The van der Waals surface area contributed by atoms with E-state index in [0.29, 0.717) is 35.7 Å². The van der Waals surface area contributed by atoms with Gasteiger partial charge in [0.15, 0.2) is 5.65 Å². The van der Waals surface area contributed by atoms with Gasteiger partial charge in [0.2, 0.25) is 5.91 Å². The minimum atomic E-state index is -0.643. The number of halogens is 1. The molecule has 4 rings (SSSR count). The summed E-state index contributed by atoms with van der Waals surface area (Å²) in [6.07, 6.45) is 3.77. The van der Waals surface area contributed by atoms with Crippen LogP contribution in [-0.4, -0.2) is 51.4 Å². The maximum Gasteiger partial charge on any atom is 0.257 e. The van der Waals surface area contributed by atoms with Crippen LogP contribution in [0.2, 0.25) is 5.02 Å². The molecule has 1 fully saturated rings. The van der Waals surface area contributed by atoms with Gasteiger partial charge < -0.3 is 10.2 Å². The van der Waals surface area contributed by atoms with E-state index >= 15 is 0 Å². The number of hydrogen-bond acceptors (Lipinski definition) is 4. The van der Waals surface area contributed by atoms with Crippen molar-refractivity contribution in [2.45, 2.75) is 13.3 Å². The summed E-state index contributed by atoms with van der Waals surface area (Å²) in [5.41, 5.74) is 2.29. The second-order valence-electron chi connectivity index (χ2n) is 7.18. The number of aryl methyl sites for hydroxylation is 1. The predicted molar refractivity (Wildman–Crippen MR) is 105 cm³/mol. The molecule has 3 aromatic rings. The van der Waals surface area contributed by atoms with Gasteiger partial charge in [-0.3, -0.25) is 9.59 Å². The number of hydrogen-bond donors (Lipinski definition) is 1. The highest BCUT2D eigenvalue weighted by molar-refractivity contribution is 6.30. The molecule has 0 unspecified atom stereocenters. The van der Waals surface area contributed by atoms with Crippen LogP contribution in [0.5, 0.6) is 0 Å². The fourth-order valence-corrected chi connectivity index (χ4v) is 3.92. The van der Waals surface area contributed by atoms with E-state index in [2.05, 4.69) is 15.4 Å². The first-order valence-electron chi connectivity index (χ1n) is 8.99. The molecule has 28 heavy (non-hydrogen) atoms. The van der Waals surface area contributed by atoms with Crippen LogP contribution in [-0.2, 0) is 11.2 Å². The number of aromatic nitrogens is 3. The quantitative estimate of drug-likeness (QED) is 0.731. The van der Waals surface area contributed by atoms with E-state index in [-0.39, 0.29) is 11.8 Å². The number of fused-ring (bicyclic) bond motifs is 1. The fourth-order valence-electron chi connectivity index (χ4n) is 3.79. The first-order valence-corrected chi connectivity index (χ1v) is 9.36. The first-order chi connectivity index (χ1) is 13.4. The van der Waals surface area contributed by atoms with Crippen LogP contribution in [0.15, 0.2) is 42.7 Å². The summed E-state index contributed by atoms with van der Waals surface area (Å²) in [6.45, 7) is 2.55. The minimum Gasteiger partial charge on any atom is -0.359 e. The van der Waals surface area contributed by atoms with Crippen LogP contribution in [0.4, 0.5) is 0 Å². The molecule has 0 atom stereocenters. The van der Waals surface area contributed by atoms with Crippen molar-refractivity contribution < 1.29 is 9.59 Å². The van der Waals surface area contributed by atoms with Gasteiger partial charge in [0.05, 0.1) is 22.9 Å². The van der Waals surface area contributed by atoms with Crippen LogP contribution >= 0.6 is 11.6 Å². The Morgan fingerprint density at radius 3 is 2.61 bits per heavy atom. The van der Waals surface area contributed by atoms with Crippen LogP contribution in [0.25, 0.3) is 5.65 Å². The van der Waals surface area contributed by atoms with Crippen molar-refractivity contribution in [3.63, 3.8) is 0 Å². The molecule has 1 saturated heterocycles. The molecule has 1 aromatic carbocycles. The molecule has 0 radical (unpaired) electrons. The summed E-state index contributed by atoms with van der Waals surface area (Å²) in [5.74, 6) is -0.207. The van der Waals surface area contributed by atoms with E-state index in [1.165, 1.54) is 0 Å². The largest absolute Gasteiger partial charge is 0.359 e. The Hall–Kier alpha value is -2.93. The molecule has 2 aromatic heterocycles. The van der Waals surface area contributed by atoms with E-state index < -0.39 is 5.41 Å². The average molecular weight is 398 g/mol. The topological polar surface area (TPSA) is 79.6 Å². The monoisotopic (exact) mass is 397 g/mol. The van der Waals surface area contributed by atoms with Crippen molar-refractivity contribution in [3.05, 3.63) is 64.6 Å². The zero-order chi connectivity index (χ0) is 19.9. The lowest BCUT2D eigenvalue weighted by atomic mass is 9.73. The summed E-state index contributed by atoms with van der Waals surface area (Å²) >= 11 is 5.96. The van der Waals surface area contributed by atoms with E-state index in [1.54, 1.807) is 34.9 Å². The summed E-state index contributed by atoms with van der Waals surface area (Å²) in [4.78, 5) is 31.6. The second-order valence-corrected chi connectivity index (χ2v) is 7.62. The first kappa shape index (κ1) is 18.4. The average Bonchev–Trinajstić information content (AvgIpc) is 3.15. The smallest absolute Gasteiger partial charge is 0.257 e. The molecule has 0 saturated carbocycles. The van der Waals surface area contributed by atoms with E-state index in [9.17, 15) is 9.59 Å². The van der Waals surface area contributed by atoms with Gasteiger partial charge in [-0.2, -0.15) is 5.10 Å². The molecule has 1 aliphatic heterocycles. The standard InChI is InChI=1S/C20H20ClN5O2/c1-13-16(10-23-17-7-8-24-26(13)17)18(27)25-11-20(12-25,19(28)22-2)9-14-3-5-15(21)6-4-14/h3-8,10H,9,11-12H2,1-2H3,(H,22,28). The predicted octanol–water partition coefficient (Wildman–Crippen LogP) is 2.12. The van der Waals surface area contributed by atoms with Gasteiger partial charge in [-0.15, -0.1) is 0 Å². The number of nitrogens with zero attached hydrogens (tertiary/aromatic N) is 4. The SMILES string of the molecule is CNC(=O)C1(Cc2ccc(Cl)cc2)CN(C(=O)c2cnc3ccnn3c2C)C1. The normalized spacial score (nSPS) is 15.3. The Morgan fingerprint density at radius 2 is 1.93 bits per heavy atom. The van der Waals surface area contributed by atoms with Gasteiger partial charge in [-0.05, 0) is 31.0 Å². The summed E-state index contributed by atoms with van der Waals surface area (Å²) in [6, 6.07) is 9.23. The number of nitrogens with one attached hydrogen (secondary N) is 1. The Labute approximate surface area is 167 Å². The van der Waals surface area contributed by atoms with Gasteiger partial charge in [0.25, 0.3) is 5.91 Å². The summed E-state index contributed by atoms with van der Waals surface area (Å²) < 4.78 is 1.65. The third kappa shape index (κ3) is 3.01. The molecule has 7 nitrogen and oxygen atoms in total. The highest BCUT2D eigenvalue weighted by atomic mass is 35.5. The lowest BCUT2D eigenvalue weighted by Crippen LogP contribution is -2.65. The number of benzene rings is 1. The number of amides is 2. The van der Waals surface area contributed by atoms with Crippen molar-refractivity contribution in [1.29, 1.82) is 0 Å². The lowest BCUT2D eigenvalue weighted by molar-refractivity contribution is -0.138. The number of carbonyl (C=O) groups excluding carboxylic acids is 2. The van der Waals surface area contributed by atoms with E-state index in [1.807, 2.05) is 31.2 Å². The Kier molecular flexibility index (Phi) is 4.55. The Morgan fingerprint density at radius 1 is 1.21 bits per heavy atom. The molecular weight excluding hydrogens is 378 g/mol. The maximum atomic E-state index is 13.0. The molecule has 0 spiro atoms. The molecule has 1 aliphatic rings. The molecule has 0 bridgehead atoms.